The molecule has 4 bridgehead atoms. The predicted molar refractivity (Wildman–Crippen MR) is 93.4 cm³/mol. The van der Waals surface area contributed by atoms with Crippen molar-refractivity contribution in [3.8, 4) is 0 Å². The van der Waals surface area contributed by atoms with E-state index in [2.05, 4.69) is 21.2 Å². The van der Waals surface area contributed by atoms with Crippen molar-refractivity contribution in [3.63, 3.8) is 0 Å². The second-order valence-electron chi connectivity index (χ2n) is 8.33. The molecule has 0 atom stereocenters. The van der Waals surface area contributed by atoms with Gasteiger partial charge in [-0.25, -0.2) is 0 Å². The fourth-order valence-electron chi connectivity index (χ4n) is 6.04. The Labute approximate surface area is 146 Å². The molecule has 0 unspecified atom stereocenters. The van der Waals surface area contributed by atoms with Crippen LogP contribution < -0.4 is 5.32 Å². The standard InChI is InChI=1S/C19H26BrNO2/c1-11-16(17(20)12(2)23-11)18(22)21-4-3-19-8-13-5-14(9-19)7-15(6-13)10-19/h13-15H,3-10H2,1-2H3,(H,21,22). The molecule has 3 nitrogen and oxygen atoms in total. The first-order valence-electron chi connectivity index (χ1n) is 8.99. The molecule has 0 saturated heterocycles. The first-order valence-corrected chi connectivity index (χ1v) is 9.79. The molecule has 0 aromatic carbocycles. The molecule has 0 radical (unpaired) electrons. The Morgan fingerprint density at radius 3 is 2.17 bits per heavy atom. The summed E-state index contributed by atoms with van der Waals surface area (Å²) < 4.78 is 6.33. The van der Waals surface area contributed by atoms with Crippen molar-refractivity contribution >= 4 is 21.8 Å². The summed E-state index contributed by atoms with van der Waals surface area (Å²) in [6.45, 7) is 4.52. The number of rotatable bonds is 4. The number of aryl methyl sites for hydroxylation is 2. The summed E-state index contributed by atoms with van der Waals surface area (Å²) in [6.07, 6.45) is 9.80. The summed E-state index contributed by atoms with van der Waals surface area (Å²) >= 11 is 3.47. The molecule has 1 N–H and O–H groups in total. The Balaban J connectivity index is 1.38. The zero-order chi connectivity index (χ0) is 16.2. The molecule has 4 heteroatoms. The van der Waals surface area contributed by atoms with Crippen LogP contribution in [0.4, 0.5) is 0 Å². The summed E-state index contributed by atoms with van der Waals surface area (Å²) in [7, 11) is 0. The third-order valence-electron chi connectivity index (χ3n) is 6.52. The minimum Gasteiger partial charge on any atom is -0.465 e. The molecule has 126 valence electrons. The van der Waals surface area contributed by atoms with Crippen molar-refractivity contribution in [2.24, 2.45) is 23.2 Å². The van der Waals surface area contributed by atoms with Crippen LogP contribution in [0.15, 0.2) is 8.89 Å². The Kier molecular flexibility index (Phi) is 3.86. The quantitative estimate of drug-likeness (QED) is 0.799. The fourth-order valence-corrected chi connectivity index (χ4v) is 6.58. The van der Waals surface area contributed by atoms with Gasteiger partial charge in [-0.15, -0.1) is 0 Å². The number of carbonyl (C=O) groups is 1. The van der Waals surface area contributed by atoms with E-state index < -0.39 is 0 Å². The third-order valence-corrected chi connectivity index (χ3v) is 7.47. The summed E-state index contributed by atoms with van der Waals surface area (Å²) in [6, 6.07) is 0. The molecular weight excluding hydrogens is 354 g/mol. The molecular formula is C19H26BrNO2. The van der Waals surface area contributed by atoms with Crippen molar-refractivity contribution in [1.29, 1.82) is 0 Å². The Hall–Kier alpha value is -0.770. The van der Waals surface area contributed by atoms with E-state index in [1.807, 2.05) is 13.8 Å². The molecule has 1 heterocycles. The van der Waals surface area contributed by atoms with Gasteiger partial charge >= 0.3 is 0 Å². The van der Waals surface area contributed by atoms with Crippen LogP contribution in [0.5, 0.6) is 0 Å². The molecule has 1 amide bonds. The molecule has 0 aliphatic heterocycles. The number of amides is 1. The zero-order valence-electron chi connectivity index (χ0n) is 14.1. The highest BCUT2D eigenvalue weighted by molar-refractivity contribution is 9.10. The molecule has 5 rings (SSSR count). The van der Waals surface area contributed by atoms with Crippen LogP contribution in [0, 0.1) is 37.0 Å². The van der Waals surface area contributed by atoms with E-state index in [0.29, 0.717) is 16.7 Å². The number of hydrogen-bond donors (Lipinski definition) is 1. The van der Waals surface area contributed by atoms with Crippen LogP contribution in [0.1, 0.15) is 66.8 Å². The van der Waals surface area contributed by atoms with Gasteiger partial charge in [0.1, 0.15) is 11.5 Å². The minimum absolute atomic E-state index is 0.00375. The molecule has 4 saturated carbocycles. The van der Waals surface area contributed by atoms with Crippen LogP contribution in [0.25, 0.3) is 0 Å². The van der Waals surface area contributed by atoms with Gasteiger partial charge in [-0.2, -0.15) is 0 Å². The second kappa shape index (κ2) is 5.65. The van der Waals surface area contributed by atoms with E-state index in [9.17, 15) is 4.79 Å². The van der Waals surface area contributed by atoms with Crippen LogP contribution in [-0.4, -0.2) is 12.5 Å². The highest BCUT2D eigenvalue weighted by Gasteiger charge is 2.50. The summed E-state index contributed by atoms with van der Waals surface area (Å²) in [5.41, 5.74) is 1.19. The third kappa shape index (κ3) is 2.77. The summed E-state index contributed by atoms with van der Waals surface area (Å²) in [5.74, 6) is 4.39. The lowest BCUT2D eigenvalue weighted by Gasteiger charge is -2.57. The average Bonchev–Trinajstić information content (AvgIpc) is 2.70. The molecule has 1 aromatic heterocycles. The second-order valence-corrected chi connectivity index (χ2v) is 9.12. The van der Waals surface area contributed by atoms with Crippen LogP contribution >= 0.6 is 15.9 Å². The van der Waals surface area contributed by atoms with Crippen LogP contribution in [-0.2, 0) is 0 Å². The van der Waals surface area contributed by atoms with E-state index >= 15 is 0 Å². The van der Waals surface area contributed by atoms with Gasteiger partial charge in [0.2, 0.25) is 0 Å². The fraction of sp³-hybridized carbons (Fsp3) is 0.737. The average molecular weight is 380 g/mol. The topological polar surface area (TPSA) is 42.2 Å². The summed E-state index contributed by atoms with van der Waals surface area (Å²) in [5, 5.41) is 3.14. The van der Waals surface area contributed by atoms with Crippen LogP contribution in [0.3, 0.4) is 0 Å². The molecule has 4 aliphatic rings. The van der Waals surface area contributed by atoms with Gasteiger partial charge in [0, 0.05) is 6.54 Å². The Morgan fingerprint density at radius 1 is 1.13 bits per heavy atom. The SMILES string of the molecule is Cc1oc(C)c(C(=O)NCCC23CC4CC(CC(C4)C2)C3)c1Br. The zero-order valence-corrected chi connectivity index (χ0v) is 15.7. The minimum atomic E-state index is -0.00375. The number of carbonyl (C=O) groups excluding carboxylic acids is 1. The molecule has 4 aliphatic carbocycles. The number of hydrogen-bond acceptors (Lipinski definition) is 2. The van der Waals surface area contributed by atoms with Gasteiger partial charge in [-0.05, 0) is 97.9 Å². The van der Waals surface area contributed by atoms with Crippen LogP contribution in [0.2, 0.25) is 0 Å². The first-order chi connectivity index (χ1) is 11.0. The van der Waals surface area contributed by atoms with E-state index in [1.54, 1.807) is 0 Å². The van der Waals surface area contributed by atoms with E-state index in [1.165, 1.54) is 38.5 Å². The van der Waals surface area contributed by atoms with Gasteiger partial charge in [0.25, 0.3) is 5.91 Å². The highest BCUT2D eigenvalue weighted by Crippen LogP contribution is 2.61. The largest absolute Gasteiger partial charge is 0.465 e. The molecule has 0 spiro atoms. The predicted octanol–water partition coefficient (Wildman–Crippen LogP) is 5.00. The van der Waals surface area contributed by atoms with Gasteiger partial charge in [0.15, 0.2) is 0 Å². The molecule has 4 fully saturated rings. The van der Waals surface area contributed by atoms with Crippen molar-refractivity contribution in [2.45, 2.75) is 58.8 Å². The van der Waals surface area contributed by atoms with Crippen molar-refractivity contribution < 1.29 is 9.21 Å². The van der Waals surface area contributed by atoms with Gasteiger partial charge in [-0.3, -0.25) is 4.79 Å². The number of furan rings is 1. The van der Waals surface area contributed by atoms with E-state index in [4.69, 9.17) is 4.42 Å². The smallest absolute Gasteiger partial charge is 0.255 e. The highest BCUT2D eigenvalue weighted by atomic mass is 79.9. The Bertz CT molecular complexity index is 598. The van der Waals surface area contributed by atoms with Gasteiger partial charge in [-0.1, -0.05) is 0 Å². The normalized spacial score (nSPS) is 34.8. The van der Waals surface area contributed by atoms with Crippen molar-refractivity contribution in [1.82, 2.24) is 5.32 Å². The Morgan fingerprint density at radius 2 is 1.70 bits per heavy atom. The van der Waals surface area contributed by atoms with Crippen molar-refractivity contribution in [3.05, 3.63) is 21.6 Å². The lowest BCUT2D eigenvalue weighted by Crippen LogP contribution is -2.47. The molecule has 23 heavy (non-hydrogen) atoms. The maximum Gasteiger partial charge on any atom is 0.255 e. The maximum atomic E-state index is 12.5. The molecule has 1 aromatic rings. The van der Waals surface area contributed by atoms with Gasteiger partial charge in [0.05, 0.1) is 10.0 Å². The van der Waals surface area contributed by atoms with E-state index in [0.717, 1.165) is 41.0 Å². The number of nitrogens with one attached hydrogen (secondary N) is 1. The number of halogens is 1. The van der Waals surface area contributed by atoms with Crippen molar-refractivity contribution in [2.75, 3.05) is 6.54 Å². The lowest BCUT2D eigenvalue weighted by molar-refractivity contribution is -0.0564. The monoisotopic (exact) mass is 379 g/mol. The van der Waals surface area contributed by atoms with E-state index in [-0.39, 0.29) is 5.91 Å². The maximum absolute atomic E-state index is 12.5. The van der Waals surface area contributed by atoms with Gasteiger partial charge < -0.3 is 9.73 Å². The lowest BCUT2D eigenvalue weighted by atomic mass is 9.49. The summed E-state index contributed by atoms with van der Waals surface area (Å²) in [4.78, 5) is 12.5. The first kappa shape index (κ1) is 15.7.